The van der Waals surface area contributed by atoms with Crippen LogP contribution in [-0.2, 0) is 0 Å². The van der Waals surface area contributed by atoms with Crippen LogP contribution < -0.4 is 5.73 Å². The highest BCUT2D eigenvalue weighted by Crippen LogP contribution is 2.01. The molecular formula is C7H10ClN. The Labute approximate surface area is 60.5 Å². The second kappa shape index (κ2) is 4.21. The summed E-state index contributed by atoms with van der Waals surface area (Å²) >= 11 is 5.55. The first kappa shape index (κ1) is 8.31. The zero-order chi connectivity index (χ0) is 7.28. The topological polar surface area (TPSA) is 26.0 Å². The van der Waals surface area contributed by atoms with Crippen LogP contribution in [0, 0.1) is 0 Å². The summed E-state index contributed by atoms with van der Waals surface area (Å²) in [7, 11) is 0. The fourth-order valence-corrected chi connectivity index (χ4v) is 0.342. The monoisotopic (exact) mass is 143 g/mol. The molecule has 9 heavy (non-hydrogen) atoms. The van der Waals surface area contributed by atoms with Crippen LogP contribution in [0.1, 0.15) is 6.92 Å². The first-order valence-electron chi connectivity index (χ1n) is 2.59. The Hall–Kier alpha value is -0.690. The largest absolute Gasteiger partial charge is 0.402 e. The van der Waals surface area contributed by atoms with Crippen molar-refractivity contribution in [2.45, 2.75) is 6.92 Å². The van der Waals surface area contributed by atoms with Crippen molar-refractivity contribution in [3.8, 4) is 0 Å². The lowest BCUT2D eigenvalue weighted by Crippen LogP contribution is -1.87. The van der Waals surface area contributed by atoms with Gasteiger partial charge in [0.25, 0.3) is 0 Å². The Balaban J connectivity index is 3.98. The van der Waals surface area contributed by atoms with E-state index in [0.29, 0.717) is 5.03 Å². The van der Waals surface area contributed by atoms with Gasteiger partial charge in [0.05, 0.1) is 0 Å². The molecule has 0 spiro atoms. The van der Waals surface area contributed by atoms with Gasteiger partial charge in [0.2, 0.25) is 0 Å². The molecule has 0 aromatic rings. The summed E-state index contributed by atoms with van der Waals surface area (Å²) in [6.45, 7) is 5.26. The van der Waals surface area contributed by atoms with Gasteiger partial charge in [-0.15, -0.1) is 0 Å². The van der Waals surface area contributed by atoms with Gasteiger partial charge in [-0.1, -0.05) is 24.3 Å². The van der Waals surface area contributed by atoms with Gasteiger partial charge in [-0.25, -0.2) is 0 Å². The van der Waals surface area contributed by atoms with Crippen LogP contribution in [0.5, 0.6) is 0 Å². The van der Waals surface area contributed by atoms with Gasteiger partial charge >= 0.3 is 0 Å². The molecule has 0 bridgehead atoms. The molecule has 0 aromatic carbocycles. The Morgan fingerprint density at radius 1 is 1.56 bits per heavy atom. The molecule has 0 radical (unpaired) electrons. The van der Waals surface area contributed by atoms with Crippen LogP contribution in [0.4, 0.5) is 0 Å². The van der Waals surface area contributed by atoms with E-state index in [1.54, 1.807) is 25.2 Å². The molecule has 0 aromatic heterocycles. The van der Waals surface area contributed by atoms with Crippen molar-refractivity contribution in [1.29, 1.82) is 0 Å². The van der Waals surface area contributed by atoms with Gasteiger partial charge in [0, 0.05) is 10.7 Å². The van der Waals surface area contributed by atoms with Crippen LogP contribution in [-0.4, -0.2) is 0 Å². The Kier molecular flexibility index (Phi) is 3.89. The molecule has 0 unspecified atom stereocenters. The van der Waals surface area contributed by atoms with Crippen LogP contribution >= 0.6 is 11.6 Å². The molecular weight excluding hydrogens is 134 g/mol. The van der Waals surface area contributed by atoms with Crippen molar-refractivity contribution in [2.75, 3.05) is 0 Å². The van der Waals surface area contributed by atoms with E-state index in [2.05, 4.69) is 6.58 Å². The smallest absolute Gasteiger partial charge is 0.0400 e. The lowest BCUT2D eigenvalue weighted by molar-refractivity contribution is 1.32. The molecule has 1 nitrogen and oxygen atoms in total. The Morgan fingerprint density at radius 3 is 2.44 bits per heavy atom. The number of nitrogens with two attached hydrogens (primary N) is 1. The molecule has 0 saturated carbocycles. The highest BCUT2D eigenvalue weighted by molar-refractivity contribution is 6.31. The average molecular weight is 144 g/mol. The predicted octanol–water partition coefficient (Wildman–Crippen LogP) is 2.16. The third-order valence-corrected chi connectivity index (χ3v) is 0.981. The SMILES string of the molecule is C=C/C(Cl)=C\C=C(\C)N. The summed E-state index contributed by atoms with van der Waals surface area (Å²) in [6.07, 6.45) is 4.98. The number of halogens is 1. The van der Waals surface area contributed by atoms with Crippen LogP contribution in [0.15, 0.2) is 35.5 Å². The van der Waals surface area contributed by atoms with Crippen LogP contribution in [0.2, 0.25) is 0 Å². The van der Waals surface area contributed by atoms with Gasteiger partial charge < -0.3 is 5.73 Å². The summed E-state index contributed by atoms with van der Waals surface area (Å²) in [5.74, 6) is 0. The predicted molar refractivity (Wildman–Crippen MR) is 42.1 cm³/mol. The van der Waals surface area contributed by atoms with Crippen molar-refractivity contribution in [1.82, 2.24) is 0 Å². The Bertz CT molecular complexity index is 152. The van der Waals surface area contributed by atoms with Crippen molar-refractivity contribution in [3.05, 3.63) is 35.5 Å². The summed E-state index contributed by atoms with van der Waals surface area (Å²) < 4.78 is 0. The van der Waals surface area contributed by atoms with E-state index in [1.165, 1.54) is 0 Å². The molecule has 0 aliphatic carbocycles. The quantitative estimate of drug-likeness (QED) is 0.589. The lowest BCUT2D eigenvalue weighted by atomic mass is 10.4. The average Bonchev–Trinajstić information content (AvgIpc) is 1.83. The number of hydrogen-bond acceptors (Lipinski definition) is 1. The van der Waals surface area contributed by atoms with E-state index in [-0.39, 0.29) is 0 Å². The van der Waals surface area contributed by atoms with Crippen LogP contribution in [0.25, 0.3) is 0 Å². The van der Waals surface area contributed by atoms with Gasteiger partial charge in [0.1, 0.15) is 0 Å². The maximum Gasteiger partial charge on any atom is 0.0400 e. The second-order valence-corrected chi connectivity index (χ2v) is 2.10. The van der Waals surface area contributed by atoms with E-state index in [9.17, 15) is 0 Å². The zero-order valence-electron chi connectivity index (χ0n) is 5.39. The number of hydrogen-bond donors (Lipinski definition) is 1. The zero-order valence-corrected chi connectivity index (χ0v) is 6.15. The minimum Gasteiger partial charge on any atom is -0.402 e. The maximum absolute atomic E-state index is 5.55. The minimum atomic E-state index is 0.597. The van der Waals surface area contributed by atoms with Gasteiger partial charge in [-0.3, -0.25) is 0 Å². The van der Waals surface area contributed by atoms with E-state index in [1.807, 2.05) is 0 Å². The highest BCUT2D eigenvalue weighted by Gasteiger charge is 1.77. The van der Waals surface area contributed by atoms with E-state index in [0.717, 1.165) is 5.70 Å². The first-order chi connectivity index (χ1) is 4.16. The highest BCUT2D eigenvalue weighted by atomic mass is 35.5. The number of allylic oxidation sites excluding steroid dienone is 5. The number of rotatable bonds is 2. The van der Waals surface area contributed by atoms with E-state index >= 15 is 0 Å². The van der Waals surface area contributed by atoms with E-state index in [4.69, 9.17) is 17.3 Å². The summed E-state index contributed by atoms with van der Waals surface area (Å²) in [5.41, 5.74) is 6.05. The lowest BCUT2D eigenvalue weighted by Gasteiger charge is -1.84. The van der Waals surface area contributed by atoms with Gasteiger partial charge in [-0.05, 0) is 19.1 Å². The van der Waals surface area contributed by atoms with Gasteiger partial charge in [-0.2, -0.15) is 0 Å². The van der Waals surface area contributed by atoms with Crippen molar-refractivity contribution in [3.63, 3.8) is 0 Å². The minimum absolute atomic E-state index is 0.597. The van der Waals surface area contributed by atoms with Crippen molar-refractivity contribution >= 4 is 11.6 Å². The first-order valence-corrected chi connectivity index (χ1v) is 2.96. The van der Waals surface area contributed by atoms with E-state index < -0.39 is 0 Å². The fourth-order valence-electron chi connectivity index (χ4n) is 0.279. The molecule has 0 amide bonds. The molecule has 0 rings (SSSR count). The standard InChI is InChI=1S/C7H10ClN/c1-3-7(8)5-4-6(2)9/h3-5H,1,9H2,2H3/b6-4-,7-5+. The summed E-state index contributed by atoms with van der Waals surface area (Å²) in [6, 6.07) is 0. The molecule has 50 valence electrons. The molecule has 2 N–H and O–H groups in total. The fraction of sp³-hybridized carbons (Fsp3) is 0.143. The normalized spacial score (nSPS) is 13.6. The molecule has 2 heteroatoms. The van der Waals surface area contributed by atoms with Gasteiger partial charge in [0.15, 0.2) is 0 Å². The third-order valence-electron chi connectivity index (χ3n) is 0.700. The molecule has 0 atom stereocenters. The molecule has 0 aliphatic rings. The summed E-state index contributed by atoms with van der Waals surface area (Å²) in [5, 5.41) is 0.597. The summed E-state index contributed by atoms with van der Waals surface area (Å²) in [4.78, 5) is 0. The van der Waals surface area contributed by atoms with Crippen LogP contribution in [0.3, 0.4) is 0 Å². The second-order valence-electron chi connectivity index (χ2n) is 1.67. The van der Waals surface area contributed by atoms with Crippen molar-refractivity contribution in [2.24, 2.45) is 5.73 Å². The maximum atomic E-state index is 5.55. The van der Waals surface area contributed by atoms with Crippen molar-refractivity contribution < 1.29 is 0 Å². The molecule has 0 aliphatic heterocycles. The molecule has 0 heterocycles. The third kappa shape index (κ3) is 5.18. The molecule has 0 fully saturated rings. The Morgan fingerprint density at radius 2 is 2.11 bits per heavy atom. The molecule has 0 saturated heterocycles.